The first-order valence-electron chi connectivity index (χ1n) is 4.96. The van der Waals surface area contributed by atoms with Crippen molar-refractivity contribution in [1.29, 1.82) is 0 Å². The third kappa shape index (κ3) is 4.60. The molecule has 0 aromatic heterocycles. The minimum absolute atomic E-state index is 0. The van der Waals surface area contributed by atoms with E-state index < -0.39 is 6.10 Å². The van der Waals surface area contributed by atoms with E-state index in [4.69, 9.17) is 10.5 Å². The first-order valence-corrected chi connectivity index (χ1v) is 4.96. The van der Waals surface area contributed by atoms with Gasteiger partial charge in [-0.05, 0) is 6.07 Å². The van der Waals surface area contributed by atoms with Gasteiger partial charge in [-0.25, -0.2) is 0 Å². The van der Waals surface area contributed by atoms with Crippen molar-refractivity contribution in [3.63, 3.8) is 0 Å². The van der Waals surface area contributed by atoms with Crippen LogP contribution < -0.4 is 15.8 Å². The molecule has 0 aliphatic heterocycles. The van der Waals surface area contributed by atoms with E-state index in [0.29, 0.717) is 11.3 Å². The SMILES string of the molecule is COc1ccccc1C(O)CNC(=O)CN.Cl. The fraction of sp³-hybridized carbons (Fsp3) is 0.364. The summed E-state index contributed by atoms with van der Waals surface area (Å²) in [6.45, 7) is 0.0368. The molecule has 17 heavy (non-hydrogen) atoms. The molecule has 0 spiro atoms. The second kappa shape index (κ2) is 7.89. The van der Waals surface area contributed by atoms with Gasteiger partial charge in [0, 0.05) is 12.1 Å². The van der Waals surface area contributed by atoms with E-state index in [-0.39, 0.29) is 31.4 Å². The highest BCUT2D eigenvalue weighted by atomic mass is 35.5. The molecule has 1 atom stereocenters. The highest BCUT2D eigenvalue weighted by Crippen LogP contribution is 2.23. The highest BCUT2D eigenvalue weighted by molar-refractivity contribution is 5.85. The number of aliphatic hydroxyl groups excluding tert-OH is 1. The molecule has 5 nitrogen and oxygen atoms in total. The molecule has 4 N–H and O–H groups in total. The zero-order valence-corrected chi connectivity index (χ0v) is 10.4. The molecule has 1 rings (SSSR count). The number of methoxy groups -OCH3 is 1. The second-order valence-electron chi connectivity index (χ2n) is 3.27. The van der Waals surface area contributed by atoms with Gasteiger partial charge in [0.2, 0.25) is 5.91 Å². The van der Waals surface area contributed by atoms with Gasteiger partial charge in [-0.3, -0.25) is 4.79 Å². The van der Waals surface area contributed by atoms with E-state index in [9.17, 15) is 9.90 Å². The van der Waals surface area contributed by atoms with Gasteiger partial charge in [-0.2, -0.15) is 0 Å². The molecule has 0 aliphatic carbocycles. The van der Waals surface area contributed by atoms with Crippen LogP contribution in [0.3, 0.4) is 0 Å². The molecule has 96 valence electrons. The Hall–Kier alpha value is -1.30. The number of hydrogen-bond acceptors (Lipinski definition) is 4. The smallest absolute Gasteiger partial charge is 0.233 e. The number of nitrogens with two attached hydrogens (primary N) is 1. The average Bonchev–Trinajstić information content (AvgIpc) is 2.35. The van der Waals surface area contributed by atoms with Crippen LogP contribution in [0.5, 0.6) is 5.75 Å². The van der Waals surface area contributed by atoms with Crippen LogP contribution in [0.2, 0.25) is 0 Å². The fourth-order valence-corrected chi connectivity index (χ4v) is 1.33. The van der Waals surface area contributed by atoms with Crippen molar-refractivity contribution in [1.82, 2.24) is 5.32 Å². The minimum Gasteiger partial charge on any atom is -0.496 e. The summed E-state index contributed by atoms with van der Waals surface area (Å²) in [6.07, 6.45) is -0.799. The number of amides is 1. The van der Waals surface area contributed by atoms with Crippen LogP contribution in [-0.4, -0.2) is 31.2 Å². The Morgan fingerprint density at radius 1 is 1.53 bits per heavy atom. The van der Waals surface area contributed by atoms with Gasteiger partial charge in [-0.15, -0.1) is 12.4 Å². The molecule has 1 aromatic rings. The number of carbonyl (C=O) groups is 1. The molecule has 0 saturated heterocycles. The Morgan fingerprint density at radius 3 is 2.76 bits per heavy atom. The van der Waals surface area contributed by atoms with E-state index in [1.165, 1.54) is 7.11 Å². The Kier molecular flexibility index (Phi) is 7.29. The predicted molar refractivity (Wildman–Crippen MR) is 67.3 cm³/mol. The van der Waals surface area contributed by atoms with Crippen LogP contribution in [0.4, 0.5) is 0 Å². The lowest BCUT2D eigenvalue weighted by Crippen LogP contribution is -2.33. The van der Waals surface area contributed by atoms with Gasteiger partial charge in [0.05, 0.1) is 19.8 Å². The van der Waals surface area contributed by atoms with Gasteiger partial charge >= 0.3 is 0 Å². The third-order valence-electron chi connectivity index (χ3n) is 2.18. The summed E-state index contributed by atoms with van der Waals surface area (Å²) >= 11 is 0. The number of halogens is 1. The molecular formula is C11H17ClN2O3. The van der Waals surface area contributed by atoms with Crippen molar-refractivity contribution in [2.45, 2.75) is 6.10 Å². The van der Waals surface area contributed by atoms with E-state index >= 15 is 0 Å². The molecule has 0 saturated carbocycles. The van der Waals surface area contributed by atoms with Gasteiger partial charge in [0.25, 0.3) is 0 Å². The summed E-state index contributed by atoms with van der Waals surface area (Å²) in [5, 5.41) is 12.4. The Balaban J connectivity index is 0.00000256. The van der Waals surface area contributed by atoms with Gasteiger partial charge < -0.3 is 20.9 Å². The van der Waals surface area contributed by atoms with Crippen molar-refractivity contribution >= 4 is 18.3 Å². The molecule has 0 heterocycles. The largest absolute Gasteiger partial charge is 0.496 e. The number of nitrogens with one attached hydrogen (secondary N) is 1. The molecule has 6 heteroatoms. The summed E-state index contributed by atoms with van der Waals surface area (Å²) in [6, 6.07) is 7.11. The zero-order chi connectivity index (χ0) is 12.0. The Bertz CT molecular complexity index is 360. The number of ether oxygens (including phenoxy) is 1. The highest BCUT2D eigenvalue weighted by Gasteiger charge is 2.12. The standard InChI is InChI=1S/C11H16N2O3.ClH/c1-16-10-5-3-2-4-8(10)9(14)7-13-11(15)6-12;/h2-5,9,14H,6-7,12H2,1H3,(H,13,15);1H. The van der Waals surface area contributed by atoms with Crippen LogP contribution in [0.1, 0.15) is 11.7 Å². The van der Waals surface area contributed by atoms with E-state index in [0.717, 1.165) is 0 Å². The van der Waals surface area contributed by atoms with Gasteiger partial charge in [-0.1, -0.05) is 18.2 Å². The van der Waals surface area contributed by atoms with Crippen molar-refractivity contribution < 1.29 is 14.6 Å². The molecular weight excluding hydrogens is 244 g/mol. The fourth-order valence-electron chi connectivity index (χ4n) is 1.33. The lowest BCUT2D eigenvalue weighted by molar-refractivity contribution is -0.120. The van der Waals surface area contributed by atoms with Crippen LogP contribution in [0.15, 0.2) is 24.3 Å². The number of hydrogen-bond donors (Lipinski definition) is 3. The number of carbonyl (C=O) groups excluding carboxylic acids is 1. The second-order valence-corrected chi connectivity index (χ2v) is 3.27. The van der Waals surface area contributed by atoms with E-state index in [1.807, 2.05) is 6.07 Å². The average molecular weight is 261 g/mol. The number of benzene rings is 1. The van der Waals surface area contributed by atoms with Crippen molar-refractivity contribution in [2.75, 3.05) is 20.2 Å². The zero-order valence-electron chi connectivity index (χ0n) is 9.55. The summed E-state index contributed by atoms with van der Waals surface area (Å²) in [7, 11) is 1.53. The van der Waals surface area contributed by atoms with E-state index in [2.05, 4.69) is 5.32 Å². The topological polar surface area (TPSA) is 84.6 Å². The van der Waals surface area contributed by atoms with Gasteiger partial charge in [0.1, 0.15) is 5.75 Å². The van der Waals surface area contributed by atoms with E-state index in [1.54, 1.807) is 18.2 Å². The lowest BCUT2D eigenvalue weighted by atomic mass is 10.1. The summed E-state index contributed by atoms with van der Waals surface area (Å²) in [4.78, 5) is 10.9. The van der Waals surface area contributed by atoms with Crippen LogP contribution in [0.25, 0.3) is 0 Å². The quantitative estimate of drug-likeness (QED) is 0.707. The predicted octanol–water partition coefficient (Wildman–Crippen LogP) is 0.225. The molecule has 0 radical (unpaired) electrons. The van der Waals surface area contributed by atoms with Crippen LogP contribution >= 0.6 is 12.4 Å². The maximum absolute atomic E-state index is 10.9. The number of para-hydroxylation sites is 1. The summed E-state index contributed by atoms with van der Waals surface area (Å²) in [5.41, 5.74) is 5.78. The number of rotatable bonds is 5. The maximum atomic E-state index is 10.9. The molecule has 0 bridgehead atoms. The normalized spacial score (nSPS) is 11.2. The Morgan fingerprint density at radius 2 is 2.18 bits per heavy atom. The van der Waals surface area contributed by atoms with Crippen molar-refractivity contribution in [3.8, 4) is 5.75 Å². The summed E-state index contributed by atoms with van der Waals surface area (Å²) < 4.78 is 5.10. The maximum Gasteiger partial charge on any atom is 0.233 e. The van der Waals surface area contributed by atoms with Crippen molar-refractivity contribution in [3.05, 3.63) is 29.8 Å². The van der Waals surface area contributed by atoms with Crippen molar-refractivity contribution in [2.24, 2.45) is 5.73 Å². The first kappa shape index (κ1) is 15.7. The molecule has 1 unspecified atom stereocenters. The lowest BCUT2D eigenvalue weighted by Gasteiger charge is -2.14. The van der Waals surface area contributed by atoms with Crippen LogP contribution in [0, 0.1) is 0 Å². The molecule has 0 fully saturated rings. The number of aliphatic hydroxyl groups is 1. The Labute approximate surface area is 106 Å². The molecule has 0 aliphatic rings. The molecule has 1 aromatic carbocycles. The third-order valence-corrected chi connectivity index (χ3v) is 2.18. The van der Waals surface area contributed by atoms with Gasteiger partial charge in [0.15, 0.2) is 0 Å². The molecule has 1 amide bonds. The monoisotopic (exact) mass is 260 g/mol. The first-order chi connectivity index (χ1) is 7.69. The van der Waals surface area contributed by atoms with Crippen LogP contribution in [-0.2, 0) is 4.79 Å². The summed E-state index contributed by atoms with van der Waals surface area (Å²) in [5.74, 6) is 0.297. The minimum atomic E-state index is -0.799.